The molecule has 3 rings (SSSR count). The van der Waals surface area contributed by atoms with Gasteiger partial charge in [-0.05, 0) is 12.1 Å². The summed E-state index contributed by atoms with van der Waals surface area (Å²) in [6.07, 6.45) is 3.12. The van der Waals surface area contributed by atoms with Crippen LogP contribution in [0.5, 0.6) is 0 Å². The molecule has 8 nitrogen and oxygen atoms in total. The average molecular weight is 272 g/mol. The summed E-state index contributed by atoms with van der Waals surface area (Å²) in [6.45, 7) is 1.86. The van der Waals surface area contributed by atoms with E-state index in [1.165, 1.54) is 13.3 Å². The topological polar surface area (TPSA) is 109 Å². The first-order chi connectivity index (χ1) is 9.72. The smallest absolute Gasteiger partial charge is 0.233 e. The molecule has 0 aliphatic carbocycles. The van der Waals surface area contributed by atoms with Crippen molar-refractivity contribution in [3.8, 4) is 0 Å². The summed E-state index contributed by atoms with van der Waals surface area (Å²) >= 11 is 0. The van der Waals surface area contributed by atoms with Crippen LogP contribution in [0.3, 0.4) is 0 Å². The van der Waals surface area contributed by atoms with Gasteiger partial charge in [0.15, 0.2) is 11.5 Å². The van der Waals surface area contributed by atoms with E-state index >= 15 is 0 Å². The largest absolute Gasteiger partial charge is 0.467 e. The lowest BCUT2D eigenvalue weighted by atomic mass is 10.4. The van der Waals surface area contributed by atoms with Crippen LogP contribution in [0.15, 0.2) is 29.1 Å². The number of hydrogen-bond acceptors (Lipinski definition) is 6. The first kappa shape index (κ1) is 12.2. The normalized spacial score (nSPS) is 10.7. The Morgan fingerprint density at radius 3 is 3.10 bits per heavy atom. The molecule has 0 spiro atoms. The van der Waals surface area contributed by atoms with Gasteiger partial charge in [0.05, 0.1) is 19.1 Å². The van der Waals surface area contributed by atoms with Gasteiger partial charge in [0.25, 0.3) is 0 Å². The minimum atomic E-state index is -0.235. The maximum absolute atomic E-state index is 11.1. The molecule has 0 saturated carbocycles. The average Bonchev–Trinajstić information content (AvgIpc) is 3.05. The molecule has 0 saturated heterocycles. The van der Waals surface area contributed by atoms with Crippen LogP contribution in [0, 0.1) is 0 Å². The molecule has 0 atom stereocenters. The summed E-state index contributed by atoms with van der Waals surface area (Å²) < 4.78 is 5.24. The first-order valence-corrected chi connectivity index (χ1v) is 5.97. The molecule has 0 radical (unpaired) electrons. The molecule has 3 aromatic rings. The lowest BCUT2D eigenvalue weighted by molar-refractivity contribution is -0.114. The number of hydrogen-bond donors (Lipinski definition) is 3. The Bertz CT molecular complexity index is 734. The minimum absolute atomic E-state index is 0.219. The highest BCUT2D eigenvalue weighted by atomic mass is 16.3. The molecule has 0 unspecified atom stereocenters. The van der Waals surface area contributed by atoms with Crippen molar-refractivity contribution >= 4 is 28.8 Å². The highest BCUT2D eigenvalue weighted by Gasteiger charge is 2.11. The molecule has 0 bridgehead atoms. The fourth-order valence-corrected chi connectivity index (χ4v) is 1.76. The van der Waals surface area contributed by atoms with Gasteiger partial charge in [0.1, 0.15) is 11.3 Å². The maximum Gasteiger partial charge on any atom is 0.233 e. The molecule has 3 heterocycles. The molecule has 102 valence electrons. The molecule has 0 aliphatic heterocycles. The summed E-state index contributed by atoms with van der Waals surface area (Å²) in [5, 5.41) is 5.66. The molecule has 3 aromatic heterocycles. The van der Waals surface area contributed by atoms with Crippen LogP contribution < -0.4 is 10.6 Å². The molecular formula is C12H12N6O2. The van der Waals surface area contributed by atoms with Crippen molar-refractivity contribution in [3.63, 3.8) is 0 Å². The number of nitrogens with zero attached hydrogens (tertiary/aromatic N) is 3. The van der Waals surface area contributed by atoms with E-state index in [2.05, 4.69) is 30.6 Å². The second kappa shape index (κ2) is 5.00. The SMILES string of the molecule is CC(=O)Nc1nc(NCc2ccco2)c2nc[nH]c2n1. The Morgan fingerprint density at radius 1 is 1.45 bits per heavy atom. The van der Waals surface area contributed by atoms with E-state index in [1.807, 2.05) is 12.1 Å². The van der Waals surface area contributed by atoms with Gasteiger partial charge in [-0.25, -0.2) is 4.98 Å². The number of imidazole rings is 1. The van der Waals surface area contributed by atoms with E-state index < -0.39 is 0 Å². The van der Waals surface area contributed by atoms with E-state index in [0.717, 1.165) is 5.76 Å². The highest BCUT2D eigenvalue weighted by Crippen LogP contribution is 2.19. The number of furan rings is 1. The van der Waals surface area contributed by atoms with Gasteiger partial charge in [0.2, 0.25) is 11.9 Å². The number of amides is 1. The summed E-state index contributed by atoms with van der Waals surface area (Å²) in [6, 6.07) is 3.66. The number of carbonyl (C=O) groups excluding carboxylic acids is 1. The lowest BCUT2D eigenvalue weighted by Crippen LogP contribution is -2.11. The fraction of sp³-hybridized carbons (Fsp3) is 0.167. The molecule has 0 aliphatic rings. The number of rotatable bonds is 4. The van der Waals surface area contributed by atoms with Crippen LogP contribution in [0.2, 0.25) is 0 Å². The van der Waals surface area contributed by atoms with Gasteiger partial charge in [-0.3, -0.25) is 10.1 Å². The summed E-state index contributed by atoms with van der Waals surface area (Å²) in [5.74, 6) is 1.28. The second-order valence-corrected chi connectivity index (χ2v) is 4.11. The molecule has 8 heteroatoms. The molecule has 3 N–H and O–H groups in total. The molecule has 0 fully saturated rings. The van der Waals surface area contributed by atoms with Crippen LogP contribution >= 0.6 is 0 Å². The van der Waals surface area contributed by atoms with Gasteiger partial charge >= 0.3 is 0 Å². The number of nitrogens with one attached hydrogen (secondary N) is 3. The summed E-state index contributed by atoms with van der Waals surface area (Å²) in [5.41, 5.74) is 1.15. The van der Waals surface area contributed by atoms with Crippen molar-refractivity contribution in [1.29, 1.82) is 0 Å². The van der Waals surface area contributed by atoms with Crippen molar-refractivity contribution in [2.24, 2.45) is 0 Å². The van der Waals surface area contributed by atoms with E-state index in [4.69, 9.17) is 4.42 Å². The van der Waals surface area contributed by atoms with E-state index in [-0.39, 0.29) is 11.9 Å². The fourth-order valence-electron chi connectivity index (χ4n) is 1.76. The van der Waals surface area contributed by atoms with E-state index in [0.29, 0.717) is 23.5 Å². The third-order valence-corrected chi connectivity index (χ3v) is 2.58. The maximum atomic E-state index is 11.1. The number of H-pyrrole nitrogens is 1. The predicted molar refractivity (Wildman–Crippen MR) is 72.0 cm³/mol. The molecular weight excluding hydrogens is 260 g/mol. The summed E-state index contributed by atoms with van der Waals surface area (Å²) in [7, 11) is 0. The van der Waals surface area contributed by atoms with Gasteiger partial charge in [-0.1, -0.05) is 0 Å². The van der Waals surface area contributed by atoms with Crippen LogP contribution in [-0.4, -0.2) is 25.8 Å². The Balaban J connectivity index is 1.90. The van der Waals surface area contributed by atoms with E-state index in [1.54, 1.807) is 6.26 Å². The monoisotopic (exact) mass is 272 g/mol. The van der Waals surface area contributed by atoms with Gasteiger partial charge in [-0.15, -0.1) is 0 Å². The zero-order valence-electron chi connectivity index (χ0n) is 10.7. The predicted octanol–water partition coefficient (Wildman–Crippen LogP) is 1.52. The first-order valence-electron chi connectivity index (χ1n) is 5.97. The lowest BCUT2D eigenvalue weighted by Gasteiger charge is -2.06. The van der Waals surface area contributed by atoms with Gasteiger partial charge in [0, 0.05) is 6.92 Å². The zero-order chi connectivity index (χ0) is 13.9. The van der Waals surface area contributed by atoms with Crippen LogP contribution in [-0.2, 0) is 11.3 Å². The van der Waals surface area contributed by atoms with Crippen molar-refractivity contribution in [3.05, 3.63) is 30.5 Å². The number of anilines is 2. The standard InChI is InChI=1S/C12H12N6O2/c1-7(19)16-12-17-10(9-11(18-12)15-6-14-9)13-5-8-3-2-4-20-8/h2-4,6H,5H2,1H3,(H3,13,14,15,16,17,18,19). The Morgan fingerprint density at radius 2 is 2.35 bits per heavy atom. The molecule has 20 heavy (non-hydrogen) atoms. The zero-order valence-corrected chi connectivity index (χ0v) is 10.7. The van der Waals surface area contributed by atoms with E-state index in [9.17, 15) is 4.79 Å². The van der Waals surface area contributed by atoms with Crippen molar-refractivity contribution in [1.82, 2.24) is 19.9 Å². The van der Waals surface area contributed by atoms with Gasteiger partial charge < -0.3 is 14.7 Å². The minimum Gasteiger partial charge on any atom is -0.467 e. The number of carbonyl (C=O) groups is 1. The van der Waals surface area contributed by atoms with Crippen molar-refractivity contribution in [2.45, 2.75) is 13.5 Å². The Hall–Kier alpha value is -2.90. The third-order valence-electron chi connectivity index (χ3n) is 2.58. The highest BCUT2D eigenvalue weighted by molar-refractivity contribution is 5.89. The molecule has 0 aromatic carbocycles. The quantitative estimate of drug-likeness (QED) is 0.664. The second-order valence-electron chi connectivity index (χ2n) is 4.11. The number of aromatic amines is 1. The Kier molecular flexibility index (Phi) is 3.04. The number of fused-ring (bicyclic) bond motifs is 1. The number of aromatic nitrogens is 4. The summed E-state index contributed by atoms with van der Waals surface area (Å²) in [4.78, 5) is 26.5. The van der Waals surface area contributed by atoms with Crippen LogP contribution in [0.4, 0.5) is 11.8 Å². The van der Waals surface area contributed by atoms with Crippen molar-refractivity contribution < 1.29 is 9.21 Å². The van der Waals surface area contributed by atoms with Crippen molar-refractivity contribution in [2.75, 3.05) is 10.6 Å². The third kappa shape index (κ3) is 2.44. The van der Waals surface area contributed by atoms with Crippen LogP contribution in [0.1, 0.15) is 12.7 Å². The van der Waals surface area contributed by atoms with Gasteiger partial charge in [-0.2, -0.15) is 9.97 Å². The molecule has 1 amide bonds. The van der Waals surface area contributed by atoms with Crippen LogP contribution in [0.25, 0.3) is 11.2 Å². The Labute approximate surface area is 113 Å².